The summed E-state index contributed by atoms with van der Waals surface area (Å²) in [5, 5.41) is 12.9. The maximum atomic E-state index is 15.4. The number of aromatic nitrogens is 4. The molecule has 1 aliphatic heterocycles. The van der Waals surface area contributed by atoms with Crippen molar-refractivity contribution in [1.29, 1.82) is 0 Å². The van der Waals surface area contributed by atoms with Crippen molar-refractivity contribution in [3.8, 4) is 5.69 Å². The first-order chi connectivity index (χ1) is 23.3. The molecule has 0 unspecified atom stereocenters. The first-order valence-corrected chi connectivity index (χ1v) is 15.0. The number of fused-ring (bicyclic) bond motifs is 2. The second kappa shape index (κ2) is 12.8. The summed E-state index contributed by atoms with van der Waals surface area (Å²) in [5.74, 6) is -3.65. The molecule has 12 nitrogen and oxygen atoms in total. The van der Waals surface area contributed by atoms with Crippen LogP contribution in [0.2, 0.25) is 0 Å². The lowest BCUT2D eigenvalue weighted by atomic mass is 9.99. The highest BCUT2D eigenvalue weighted by atomic mass is 19.4. The van der Waals surface area contributed by atoms with Crippen LogP contribution in [-0.4, -0.2) is 74.1 Å². The molecule has 0 spiro atoms. The van der Waals surface area contributed by atoms with Gasteiger partial charge < -0.3 is 20.1 Å². The number of carbonyl (C=O) groups is 2. The lowest BCUT2D eigenvalue weighted by Gasteiger charge is -2.38. The van der Waals surface area contributed by atoms with E-state index in [2.05, 4.69) is 15.3 Å². The minimum atomic E-state index is -4.65. The number of halogens is 4. The average molecular weight is 681 g/mol. The lowest BCUT2D eigenvalue weighted by molar-refractivity contribution is -0.167. The number of aliphatic carboxylic acids is 1. The van der Waals surface area contributed by atoms with E-state index in [0.29, 0.717) is 16.5 Å². The number of pyridine rings is 2. The number of morpholine rings is 1. The predicted molar refractivity (Wildman–Crippen MR) is 170 cm³/mol. The summed E-state index contributed by atoms with van der Waals surface area (Å²) in [6, 6.07) is 6.13. The van der Waals surface area contributed by atoms with Gasteiger partial charge in [0.15, 0.2) is 0 Å². The van der Waals surface area contributed by atoms with Gasteiger partial charge in [0.25, 0.3) is 11.5 Å². The standard InChI is InChI=1S/C33H28F4N6O6/c1-17-12-19(42-10-11-49-16-26(42)33(35,36)37)14-22(34)27(17)29(44)40-23(31(46)47)13-18-5-6-25(28-20(18)4-3-8-39-28)43-30(45)21-15-38-9-7-24(21)41(2)32(43)48/h3-9,12,14-15,23,26H,10-11,13,16H2,1-2H3,(H,40,44)(H,46,47)/t23-,26+/m0/s1. The molecular weight excluding hydrogens is 652 g/mol. The van der Waals surface area contributed by atoms with Crippen LogP contribution >= 0.6 is 0 Å². The van der Waals surface area contributed by atoms with Gasteiger partial charge in [0.1, 0.15) is 17.9 Å². The van der Waals surface area contributed by atoms with Gasteiger partial charge in [-0.3, -0.25) is 24.1 Å². The van der Waals surface area contributed by atoms with Gasteiger partial charge in [0.2, 0.25) is 0 Å². The second-order valence-electron chi connectivity index (χ2n) is 11.5. The van der Waals surface area contributed by atoms with E-state index in [0.717, 1.165) is 15.5 Å². The van der Waals surface area contributed by atoms with Crippen molar-refractivity contribution in [3.63, 3.8) is 0 Å². The van der Waals surface area contributed by atoms with Gasteiger partial charge in [0.05, 0.1) is 40.9 Å². The van der Waals surface area contributed by atoms with Crippen LogP contribution in [-0.2, 0) is 23.0 Å². The molecular formula is C33H28F4N6O6. The molecule has 0 saturated carbocycles. The van der Waals surface area contributed by atoms with Crippen LogP contribution in [0.3, 0.4) is 0 Å². The Morgan fingerprint density at radius 3 is 2.61 bits per heavy atom. The Morgan fingerprint density at radius 2 is 1.90 bits per heavy atom. The average Bonchev–Trinajstić information content (AvgIpc) is 3.07. The highest BCUT2D eigenvalue weighted by molar-refractivity contribution is 5.99. The Kier molecular flexibility index (Phi) is 8.66. The molecule has 2 atom stereocenters. The third kappa shape index (κ3) is 6.10. The molecule has 16 heteroatoms. The summed E-state index contributed by atoms with van der Waals surface area (Å²) in [6.45, 7) is 0.547. The van der Waals surface area contributed by atoms with Crippen LogP contribution < -0.4 is 21.5 Å². The molecule has 254 valence electrons. The van der Waals surface area contributed by atoms with Gasteiger partial charge >= 0.3 is 17.8 Å². The maximum Gasteiger partial charge on any atom is 0.411 e. The number of anilines is 1. The highest BCUT2D eigenvalue weighted by Crippen LogP contribution is 2.33. The van der Waals surface area contributed by atoms with Gasteiger partial charge in [-0.2, -0.15) is 13.2 Å². The van der Waals surface area contributed by atoms with Crippen molar-refractivity contribution >= 4 is 39.4 Å². The van der Waals surface area contributed by atoms with Crippen molar-refractivity contribution in [2.24, 2.45) is 7.05 Å². The fourth-order valence-corrected chi connectivity index (χ4v) is 6.11. The minimum Gasteiger partial charge on any atom is -0.480 e. The fourth-order valence-electron chi connectivity index (χ4n) is 6.11. The number of amides is 1. The second-order valence-corrected chi connectivity index (χ2v) is 11.5. The van der Waals surface area contributed by atoms with Crippen LogP contribution in [0.1, 0.15) is 21.5 Å². The van der Waals surface area contributed by atoms with Crippen LogP contribution in [0, 0.1) is 12.7 Å². The summed E-state index contributed by atoms with van der Waals surface area (Å²) in [7, 11) is 1.50. The molecule has 49 heavy (non-hydrogen) atoms. The Morgan fingerprint density at radius 1 is 1.12 bits per heavy atom. The lowest BCUT2D eigenvalue weighted by Crippen LogP contribution is -2.53. The number of ether oxygens (including phenoxy) is 1. The number of aryl methyl sites for hydroxylation is 2. The van der Waals surface area contributed by atoms with Crippen molar-refractivity contribution in [2.75, 3.05) is 24.7 Å². The molecule has 5 aromatic rings. The van der Waals surface area contributed by atoms with Crippen molar-refractivity contribution in [3.05, 3.63) is 104 Å². The molecule has 1 fully saturated rings. The molecule has 0 aliphatic carbocycles. The van der Waals surface area contributed by atoms with E-state index in [1.165, 1.54) is 61.4 Å². The zero-order chi connectivity index (χ0) is 35.2. The number of nitrogens with one attached hydrogen (secondary N) is 1. The van der Waals surface area contributed by atoms with E-state index in [4.69, 9.17) is 4.74 Å². The molecule has 0 radical (unpaired) electrons. The summed E-state index contributed by atoms with van der Waals surface area (Å²) in [6.07, 6.45) is -0.716. The smallest absolute Gasteiger partial charge is 0.411 e. The molecule has 2 N–H and O–H groups in total. The third-order valence-corrected chi connectivity index (χ3v) is 8.52. The normalized spacial score (nSPS) is 15.8. The van der Waals surface area contributed by atoms with E-state index in [-0.39, 0.29) is 47.4 Å². The SMILES string of the molecule is Cc1cc(N2CCOC[C@@H]2C(F)(F)F)cc(F)c1C(=O)N[C@@H](Cc1ccc(-n2c(=O)c3cnccc3n(C)c2=O)c2ncccc12)C(=O)O. The largest absolute Gasteiger partial charge is 0.480 e. The van der Waals surface area contributed by atoms with Gasteiger partial charge in [-0.25, -0.2) is 18.5 Å². The van der Waals surface area contributed by atoms with E-state index in [9.17, 15) is 37.5 Å². The Hall–Kier alpha value is -5.64. The maximum absolute atomic E-state index is 15.4. The third-order valence-electron chi connectivity index (χ3n) is 8.52. The van der Waals surface area contributed by atoms with E-state index in [1.807, 2.05) is 0 Å². The number of hydrogen-bond donors (Lipinski definition) is 2. The Balaban J connectivity index is 1.32. The molecule has 6 rings (SSSR count). The molecule has 1 amide bonds. The predicted octanol–water partition coefficient (Wildman–Crippen LogP) is 3.27. The number of carbonyl (C=O) groups excluding carboxylic acids is 1. The molecule has 2 aromatic carbocycles. The van der Waals surface area contributed by atoms with Gasteiger partial charge in [0, 0.05) is 49.7 Å². The first kappa shape index (κ1) is 33.3. The van der Waals surface area contributed by atoms with Crippen molar-refractivity contribution in [2.45, 2.75) is 31.6 Å². The topological polar surface area (TPSA) is 149 Å². The summed E-state index contributed by atoms with van der Waals surface area (Å²) in [4.78, 5) is 61.8. The molecule has 0 bridgehead atoms. The number of nitrogens with zero attached hydrogens (tertiary/aromatic N) is 5. The fraction of sp³-hybridized carbons (Fsp3) is 0.273. The van der Waals surface area contributed by atoms with Crippen molar-refractivity contribution in [1.82, 2.24) is 24.4 Å². The monoisotopic (exact) mass is 680 g/mol. The van der Waals surface area contributed by atoms with Crippen LogP contribution in [0.25, 0.3) is 27.5 Å². The minimum absolute atomic E-state index is 0.000616. The molecule has 1 saturated heterocycles. The number of alkyl halides is 3. The number of carboxylic acid groups (broad SMARTS) is 1. The first-order valence-electron chi connectivity index (χ1n) is 15.0. The number of carboxylic acids is 1. The Labute approximate surface area is 274 Å². The molecule has 4 heterocycles. The zero-order valence-corrected chi connectivity index (χ0v) is 26.0. The summed E-state index contributed by atoms with van der Waals surface area (Å²) in [5.41, 5.74) is -0.795. The molecule has 3 aromatic heterocycles. The van der Waals surface area contributed by atoms with Crippen LogP contribution in [0.15, 0.2) is 70.6 Å². The number of benzene rings is 2. The number of hydrogen-bond acceptors (Lipinski definition) is 8. The summed E-state index contributed by atoms with van der Waals surface area (Å²) < 4.78 is 63.5. The Bertz CT molecular complexity index is 2230. The summed E-state index contributed by atoms with van der Waals surface area (Å²) >= 11 is 0. The van der Waals surface area contributed by atoms with Crippen LogP contribution in [0.4, 0.5) is 23.2 Å². The van der Waals surface area contributed by atoms with Gasteiger partial charge in [-0.05, 0) is 48.4 Å². The molecule has 1 aliphatic rings. The van der Waals surface area contributed by atoms with Gasteiger partial charge in [-0.15, -0.1) is 0 Å². The quantitative estimate of drug-likeness (QED) is 0.247. The number of rotatable bonds is 7. The van der Waals surface area contributed by atoms with Crippen molar-refractivity contribution < 1.29 is 37.0 Å². The van der Waals surface area contributed by atoms with E-state index in [1.54, 1.807) is 12.1 Å². The van der Waals surface area contributed by atoms with Crippen LogP contribution in [0.5, 0.6) is 0 Å². The highest BCUT2D eigenvalue weighted by Gasteiger charge is 2.45. The van der Waals surface area contributed by atoms with E-state index >= 15 is 4.39 Å². The van der Waals surface area contributed by atoms with Gasteiger partial charge in [-0.1, -0.05) is 12.1 Å². The zero-order valence-electron chi connectivity index (χ0n) is 26.0. The van der Waals surface area contributed by atoms with E-state index < -0.39 is 59.4 Å².